The van der Waals surface area contributed by atoms with Crippen molar-refractivity contribution >= 4 is 0 Å². The van der Waals surface area contributed by atoms with Crippen LogP contribution < -0.4 is 0 Å². The Labute approximate surface area is 77.1 Å². The van der Waals surface area contributed by atoms with Gasteiger partial charge in [0.1, 0.15) is 12.2 Å². The molecule has 1 aromatic heterocycles. The van der Waals surface area contributed by atoms with Crippen molar-refractivity contribution in [2.24, 2.45) is 0 Å². The average molecular weight is 182 g/mol. The molecule has 5 heteroatoms. The van der Waals surface area contributed by atoms with Crippen LogP contribution in [0.25, 0.3) is 0 Å². The zero-order valence-electron chi connectivity index (χ0n) is 7.73. The number of aromatic nitrogens is 3. The molecule has 1 saturated heterocycles. The molecule has 1 aliphatic rings. The van der Waals surface area contributed by atoms with Gasteiger partial charge < -0.3 is 4.74 Å². The Balaban J connectivity index is 2.11. The van der Waals surface area contributed by atoms with Gasteiger partial charge in [0.2, 0.25) is 0 Å². The molecule has 2 rings (SSSR count). The molecule has 1 fully saturated rings. The Morgan fingerprint density at radius 3 is 3.38 bits per heavy atom. The molecule has 0 amide bonds. The summed E-state index contributed by atoms with van der Waals surface area (Å²) in [5.74, 6) is 0.904. The summed E-state index contributed by atoms with van der Waals surface area (Å²) < 4.78 is 5.41. The topological polar surface area (TPSA) is 54.0 Å². The minimum absolute atomic E-state index is 0.251. The first-order chi connectivity index (χ1) is 6.42. The van der Waals surface area contributed by atoms with E-state index >= 15 is 0 Å². The lowest BCUT2D eigenvalue weighted by Gasteiger charge is -2.32. The predicted octanol–water partition coefficient (Wildman–Crippen LogP) is 0.198. The van der Waals surface area contributed by atoms with Crippen LogP contribution in [0.15, 0.2) is 6.33 Å². The zero-order valence-corrected chi connectivity index (χ0v) is 7.73. The number of H-pyrrole nitrogens is 1. The second kappa shape index (κ2) is 3.85. The Morgan fingerprint density at radius 2 is 2.69 bits per heavy atom. The first-order valence-corrected chi connectivity index (χ1v) is 4.59. The van der Waals surface area contributed by atoms with E-state index in [-0.39, 0.29) is 6.04 Å². The van der Waals surface area contributed by atoms with Gasteiger partial charge >= 0.3 is 0 Å². The molecule has 2 heterocycles. The van der Waals surface area contributed by atoms with Crippen molar-refractivity contribution in [2.75, 3.05) is 26.3 Å². The van der Waals surface area contributed by atoms with E-state index in [1.54, 1.807) is 0 Å². The number of aromatic amines is 1. The molecule has 13 heavy (non-hydrogen) atoms. The molecule has 1 aromatic rings. The van der Waals surface area contributed by atoms with Gasteiger partial charge in [-0.3, -0.25) is 10.00 Å². The maximum absolute atomic E-state index is 5.41. The summed E-state index contributed by atoms with van der Waals surface area (Å²) in [4.78, 5) is 6.49. The van der Waals surface area contributed by atoms with Crippen molar-refractivity contribution < 1.29 is 4.74 Å². The number of morpholine rings is 1. The molecule has 0 saturated carbocycles. The highest BCUT2D eigenvalue weighted by Crippen LogP contribution is 2.19. The summed E-state index contributed by atoms with van der Waals surface area (Å²) >= 11 is 0. The molecular weight excluding hydrogens is 168 g/mol. The van der Waals surface area contributed by atoms with Gasteiger partial charge in [-0.15, -0.1) is 0 Å². The lowest BCUT2D eigenvalue weighted by molar-refractivity contribution is -0.00884. The third kappa shape index (κ3) is 1.71. The van der Waals surface area contributed by atoms with Gasteiger partial charge in [0, 0.05) is 6.54 Å². The smallest absolute Gasteiger partial charge is 0.143 e. The summed E-state index contributed by atoms with van der Waals surface area (Å²) in [6.45, 7) is 5.67. The quantitative estimate of drug-likeness (QED) is 0.709. The fraction of sp³-hybridized carbons (Fsp3) is 0.750. The number of ether oxygens (including phenoxy) is 1. The van der Waals surface area contributed by atoms with Crippen LogP contribution >= 0.6 is 0 Å². The van der Waals surface area contributed by atoms with Crippen molar-refractivity contribution in [3.05, 3.63) is 12.2 Å². The maximum Gasteiger partial charge on any atom is 0.143 e. The van der Waals surface area contributed by atoms with Crippen LogP contribution in [-0.2, 0) is 4.74 Å². The molecule has 1 N–H and O–H groups in total. The summed E-state index contributed by atoms with van der Waals surface area (Å²) in [5.41, 5.74) is 0. The molecule has 72 valence electrons. The summed E-state index contributed by atoms with van der Waals surface area (Å²) in [6.07, 6.45) is 1.54. The highest BCUT2D eigenvalue weighted by molar-refractivity contribution is 4.93. The number of likely N-dealkylation sites (N-methyl/N-ethyl adjacent to an activating group) is 1. The first kappa shape index (κ1) is 8.65. The van der Waals surface area contributed by atoms with Crippen LogP contribution in [0.4, 0.5) is 0 Å². The van der Waals surface area contributed by atoms with E-state index in [0.717, 1.165) is 25.5 Å². The van der Waals surface area contributed by atoms with Gasteiger partial charge in [-0.2, -0.15) is 5.10 Å². The van der Waals surface area contributed by atoms with E-state index in [2.05, 4.69) is 27.0 Å². The Morgan fingerprint density at radius 1 is 1.77 bits per heavy atom. The molecule has 0 aromatic carbocycles. The van der Waals surface area contributed by atoms with Crippen LogP contribution in [0, 0.1) is 0 Å². The molecule has 1 atom stereocenters. The van der Waals surface area contributed by atoms with Crippen LogP contribution in [0.1, 0.15) is 18.8 Å². The fourth-order valence-electron chi connectivity index (χ4n) is 1.64. The van der Waals surface area contributed by atoms with Crippen LogP contribution in [-0.4, -0.2) is 46.4 Å². The van der Waals surface area contributed by atoms with Crippen molar-refractivity contribution in [2.45, 2.75) is 13.0 Å². The minimum Gasteiger partial charge on any atom is -0.378 e. The minimum atomic E-state index is 0.251. The Bertz CT molecular complexity index is 249. The molecule has 1 unspecified atom stereocenters. The molecular formula is C8H14N4O. The highest BCUT2D eigenvalue weighted by Gasteiger charge is 2.25. The van der Waals surface area contributed by atoms with Gasteiger partial charge in [0.15, 0.2) is 0 Å². The van der Waals surface area contributed by atoms with E-state index in [1.165, 1.54) is 6.33 Å². The van der Waals surface area contributed by atoms with Crippen LogP contribution in [0.5, 0.6) is 0 Å². The first-order valence-electron chi connectivity index (χ1n) is 4.59. The zero-order chi connectivity index (χ0) is 9.10. The number of hydrogen-bond donors (Lipinski definition) is 1. The normalized spacial score (nSPS) is 24.8. The van der Waals surface area contributed by atoms with Crippen molar-refractivity contribution in [3.8, 4) is 0 Å². The van der Waals surface area contributed by atoms with Gasteiger partial charge in [-0.1, -0.05) is 6.92 Å². The Kier molecular flexibility index (Phi) is 2.56. The predicted molar refractivity (Wildman–Crippen MR) is 47.2 cm³/mol. The van der Waals surface area contributed by atoms with Crippen molar-refractivity contribution in [1.29, 1.82) is 0 Å². The second-order valence-corrected chi connectivity index (χ2v) is 3.09. The fourth-order valence-corrected chi connectivity index (χ4v) is 1.64. The number of nitrogens with zero attached hydrogens (tertiary/aromatic N) is 3. The molecule has 1 aliphatic heterocycles. The van der Waals surface area contributed by atoms with Crippen molar-refractivity contribution in [1.82, 2.24) is 20.1 Å². The molecule has 0 radical (unpaired) electrons. The lowest BCUT2D eigenvalue weighted by atomic mass is 10.2. The highest BCUT2D eigenvalue weighted by atomic mass is 16.5. The maximum atomic E-state index is 5.41. The van der Waals surface area contributed by atoms with E-state index in [1.807, 2.05) is 0 Å². The molecule has 0 spiro atoms. The number of nitrogens with one attached hydrogen (secondary N) is 1. The average Bonchev–Trinajstić information content (AvgIpc) is 2.70. The second-order valence-electron chi connectivity index (χ2n) is 3.09. The Hall–Kier alpha value is -0.940. The summed E-state index contributed by atoms with van der Waals surface area (Å²) in [5, 5.41) is 6.74. The number of hydrogen-bond acceptors (Lipinski definition) is 4. The van der Waals surface area contributed by atoms with Crippen molar-refractivity contribution in [3.63, 3.8) is 0 Å². The van der Waals surface area contributed by atoms with Gasteiger partial charge in [0.25, 0.3) is 0 Å². The lowest BCUT2D eigenvalue weighted by Crippen LogP contribution is -2.39. The molecule has 0 aliphatic carbocycles. The summed E-state index contributed by atoms with van der Waals surface area (Å²) in [7, 11) is 0. The molecule has 5 nitrogen and oxygen atoms in total. The van der Waals surface area contributed by atoms with Crippen LogP contribution in [0.3, 0.4) is 0 Å². The third-order valence-electron chi connectivity index (χ3n) is 2.39. The summed E-state index contributed by atoms with van der Waals surface area (Å²) in [6, 6.07) is 0.251. The van der Waals surface area contributed by atoms with Crippen LogP contribution in [0.2, 0.25) is 0 Å². The van der Waals surface area contributed by atoms with Gasteiger partial charge in [-0.05, 0) is 6.54 Å². The molecule has 0 bridgehead atoms. The third-order valence-corrected chi connectivity index (χ3v) is 2.39. The van der Waals surface area contributed by atoms with E-state index in [4.69, 9.17) is 4.74 Å². The number of rotatable bonds is 2. The monoisotopic (exact) mass is 182 g/mol. The van der Waals surface area contributed by atoms with E-state index in [0.29, 0.717) is 6.61 Å². The largest absolute Gasteiger partial charge is 0.378 e. The van der Waals surface area contributed by atoms with Gasteiger partial charge in [-0.25, -0.2) is 4.98 Å². The standard InChI is InChI=1S/C8H14N4O/c1-2-12-3-4-13-5-7(12)8-9-6-10-11-8/h6-7H,2-5H2,1H3,(H,9,10,11). The van der Waals surface area contributed by atoms with E-state index in [9.17, 15) is 0 Å². The SMILES string of the molecule is CCN1CCOCC1c1ncn[nH]1. The van der Waals surface area contributed by atoms with Gasteiger partial charge in [0.05, 0.1) is 19.3 Å². The van der Waals surface area contributed by atoms with E-state index < -0.39 is 0 Å².